The Balaban J connectivity index is 2.22. The van der Waals surface area contributed by atoms with Crippen LogP contribution in [0.1, 0.15) is 59.8 Å². The second-order valence-corrected chi connectivity index (χ2v) is 7.55. The average molecular weight is 324 g/mol. The molecule has 0 bridgehead atoms. The Bertz CT molecular complexity index is 438. The lowest BCUT2D eigenvalue weighted by atomic mass is 9.92. The lowest BCUT2D eigenvalue weighted by Gasteiger charge is -2.36. The summed E-state index contributed by atoms with van der Waals surface area (Å²) in [6.07, 6.45) is 5.21. The van der Waals surface area contributed by atoms with Gasteiger partial charge in [0.2, 0.25) is 5.91 Å². The normalized spacial score (nSPS) is 29.3. The maximum absolute atomic E-state index is 13.3. The number of nitrogens with zero attached hydrogens (tertiary/aromatic N) is 1. The van der Waals surface area contributed by atoms with Gasteiger partial charge in [-0.1, -0.05) is 40.5 Å². The molecule has 1 heterocycles. The van der Waals surface area contributed by atoms with E-state index in [2.05, 4.69) is 24.1 Å². The number of methoxy groups -OCH3 is 1. The van der Waals surface area contributed by atoms with Gasteiger partial charge in [0.15, 0.2) is 0 Å². The van der Waals surface area contributed by atoms with Crippen LogP contribution in [0.5, 0.6) is 0 Å². The second kappa shape index (κ2) is 7.54. The smallest absolute Gasteiger partial charge is 0.407 e. The van der Waals surface area contributed by atoms with Gasteiger partial charge in [-0.15, -0.1) is 0 Å². The molecule has 0 spiro atoms. The molecule has 1 saturated carbocycles. The minimum absolute atomic E-state index is 0.0413. The van der Waals surface area contributed by atoms with E-state index >= 15 is 0 Å². The molecular formula is C18H32N2O3. The third kappa shape index (κ3) is 3.64. The first-order valence-corrected chi connectivity index (χ1v) is 9.07. The summed E-state index contributed by atoms with van der Waals surface area (Å²) in [5, 5.41) is 2.75. The summed E-state index contributed by atoms with van der Waals surface area (Å²) >= 11 is 0. The van der Waals surface area contributed by atoms with Crippen LogP contribution in [0.4, 0.5) is 4.79 Å². The fraction of sp³-hybridized carbons (Fsp3) is 0.889. The molecule has 0 aromatic carbocycles. The van der Waals surface area contributed by atoms with Crippen molar-refractivity contribution in [3.8, 4) is 0 Å². The number of amides is 2. The largest absolute Gasteiger partial charge is 0.453 e. The van der Waals surface area contributed by atoms with E-state index in [4.69, 9.17) is 4.74 Å². The van der Waals surface area contributed by atoms with E-state index in [1.165, 1.54) is 20.0 Å². The summed E-state index contributed by atoms with van der Waals surface area (Å²) in [6, 6.07) is 0.166. The van der Waals surface area contributed by atoms with Crippen molar-refractivity contribution in [3.05, 3.63) is 0 Å². The summed E-state index contributed by atoms with van der Waals surface area (Å²) < 4.78 is 4.70. The van der Waals surface area contributed by atoms with Crippen molar-refractivity contribution in [3.63, 3.8) is 0 Å². The van der Waals surface area contributed by atoms with Gasteiger partial charge >= 0.3 is 6.09 Å². The Morgan fingerprint density at radius 1 is 1.26 bits per heavy atom. The van der Waals surface area contributed by atoms with Gasteiger partial charge < -0.3 is 15.0 Å². The molecule has 1 unspecified atom stereocenters. The summed E-state index contributed by atoms with van der Waals surface area (Å²) in [4.78, 5) is 27.0. The molecule has 132 valence electrons. The van der Waals surface area contributed by atoms with E-state index in [-0.39, 0.29) is 11.8 Å². The topological polar surface area (TPSA) is 58.6 Å². The van der Waals surface area contributed by atoms with Gasteiger partial charge in [0.1, 0.15) is 6.04 Å². The predicted octanol–water partition coefficient (Wildman–Crippen LogP) is 3.18. The van der Waals surface area contributed by atoms with Gasteiger partial charge in [-0.05, 0) is 37.0 Å². The minimum atomic E-state index is -0.528. The molecule has 0 radical (unpaired) electrons. The van der Waals surface area contributed by atoms with Crippen LogP contribution in [-0.4, -0.2) is 42.1 Å². The zero-order valence-corrected chi connectivity index (χ0v) is 15.2. The Morgan fingerprint density at radius 3 is 2.52 bits per heavy atom. The van der Waals surface area contributed by atoms with Crippen LogP contribution in [0.3, 0.4) is 0 Å². The minimum Gasteiger partial charge on any atom is -0.453 e. The maximum Gasteiger partial charge on any atom is 0.407 e. The molecule has 5 atom stereocenters. The van der Waals surface area contributed by atoms with Crippen LogP contribution in [-0.2, 0) is 9.53 Å². The number of hydrogen-bond acceptors (Lipinski definition) is 3. The summed E-state index contributed by atoms with van der Waals surface area (Å²) in [7, 11) is 1.34. The molecule has 2 aliphatic rings. The second-order valence-electron chi connectivity index (χ2n) is 7.55. The molecule has 1 N–H and O–H groups in total. The van der Waals surface area contributed by atoms with E-state index in [0.717, 1.165) is 19.3 Å². The number of hydrogen-bond donors (Lipinski definition) is 1. The van der Waals surface area contributed by atoms with Gasteiger partial charge in [0.05, 0.1) is 7.11 Å². The SMILES string of the molecule is CC[C@H](C)C1C[C@@H]2CCC[C@@H]2N1C(=O)[C@@H](NC(=O)OC)C(C)C. The number of rotatable bonds is 5. The first-order chi connectivity index (χ1) is 10.9. The van der Waals surface area contributed by atoms with E-state index in [1.807, 2.05) is 13.8 Å². The van der Waals surface area contributed by atoms with E-state index < -0.39 is 12.1 Å². The van der Waals surface area contributed by atoms with Crippen LogP contribution >= 0.6 is 0 Å². The van der Waals surface area contributed by atoms with Gasteiger partial charge in [-0.3, -0.25) is 4.79 Å². The van der Waals surface area contributed by atoms with E-state index in [1.54, 1.807) is 0 Å². The van der Waals surface area contributed by atoms with Crippen molar-refractivity contribution in [1.82, 2.24) is 10.2 Å². The third-order valence-corrected chi connectivity index (χ3v) is 5.82. The van der Waals surface area contributed by atoms with Crippen molar-refractivity contribution >= 4 is 12.0 Å². The van der Waals surface area contributed by atoms with E-state index in [9.17, 15) is 9.59 Å². The Kier molecular flexibility index (Phi) is 5.93. The highest BCUT2D eigenvalue weighted by atomic mass is 16.5. The molecule has 1 aliphatic carbocycles. The lowest BCUT2D eigenvalue weighted by Crippen LogP contribution is -2.55. The molecule has 23 heavy (non-hydrogen) atoms. The number of carbonyl (C=O) groups is 2. The van der Waals surface area contributed by atoms with Crippen LogP contribution in [0.15, 0.2) is 0 Å². The molecule has 5 nitrogen and oxygen atoms in total. The molecule has 5 heteroatoms. The number of likely N-dealkylation sites (tertiary alicyclic amines) is 1. The highest BCUT2D eigenvalue weighted by Gasteiger charge is 2.48. The lowest BCUT2D eigenvalue weighted by molar-refractivity contribution is -0.138. The van der Waals surface area contributed by atoms with Gasteiger partial charge in [0.25, 0.3) is 0 Å². The van der Waals surface area contributed by atoms with Crippen molar-refractivity contribution in [1.29, 1.82) is 0 Å². The highest BCUT2D eigenvalue weighted by Crippen LogP contribution is 2.44. The molecule has 1 aliphatic heterocycles. The Labute approximate surface area is 140 Å². The fourth-order valence-corrected chi connectivity index (χ4v) is 4.29. The van der Waals surface area contributed by atoms with Crippen molar-refractivity contribution in [2.24, 2.45) is 17.8 Å². The zero-order chi connectivity index (χ0) is 17.1. The summed E-state index contributed by atoms with van der Waals surface area (Å²) in [5.74, 6) is 1.25. The van der Waals surface area contributed by atoms with Crippen LogP contribution in [0.25, 0.3) is 0 Å². The van der Waals surface area contributed by atoms with Gasteiger partial charge in [-0.25, -0.2) is 4.79 Å². The molecule has 2 rings (SSSR count). The van der Waals surface area contributed by atoms with Crippen LogP contribution < -0.4 is 5.32 Å². The zero-order valence-electron chi connectivity index (χ0n) is 15.2. The number of fused-ring (bicyclic) bond motifs is 1. The molecule has 0 aromatic rings. The van der Waals surface area contributed by atoms with Gasteiger partial charge in [0, 0.05) is 12.1 Å². The maximum atomic E-state index is 13.3. The number of ether oxygens (including phenoxy) is 1. The molecule has 2 amide bonds. The first kappa shape index (κ1) is 18.1. The quantitative estimate of drug-likeness (QED) is 0.845. The number of nitrogens with one attached hydrogen (secondary N) is 1. The molecule has 2 fully saturated rings. The van der Waals surface area contributed by atoms with Crippen molar-refractivity contribution in [2.75, 3.05) is 7.11 Å². The van der Waals surface area contributed by atoms with Crippen molar-refractivity contribution < 1.29 is 14.3 Å². The Morgan fingerprint density at radius 2 is 1.96 bits per heavy atom. The van der Waals surface area contributed by atoms with Crippen LogP contribution in [0, 0.1) is 17.8 Å². The predicted molar refractivity (Wildman–Crippen MR) is 90.0 cm³/mol. The van der Waals surface area contributed by atoms with Crippen LogP contribution in [0.2, 0.25) is 0 Å². The number of carbonyl (C=O) groups excluding carboxylic acids is 2. The standard InChI is InChI=1S/C18H32N2O3/c1-6-12(4)15-10-13-8-7-9-14(13)20(15)17(21)16(11(2)3)19-18(22)23-5/h11-16H,6-10H2,1-5H3,(H,19,22)/t12-,13-,14-,15?,16-/m0/s1. The molecule has 1 saturated heterocycles. The fourth-order valence-electron chi connectivity index (χ4n) is 4.29. The summed E-state index contributed by atoms with van der Waals surface area (Å²) in [5.41, 5.74) is 0. The molecule has 0 aromatic heterocycles. The molecular weight excluding hydrogens is 292 g/mol. The summed E-state index contributed by atoms with van der Waals surface area (Å²) in [6.45, 7) is 8.37. The van der Waals surface area contributed by atoms with Gasteiger partial charge in [-0.2, -0.15) is 0 Å². The van der Waals surface area contributed by atoms with Crippen molar-refractivity contribution in [2.45, 2.75) is 77.9 Å². The first-order valence-electron chi connectivity index (χ1n) is 9.07. The third-order valence-electron chi connectivity index (χ3n) is 5.82. The highest BCUT2D eigenvalue weighted by molar-refractivity contribution is 5.86. The average Bonchev–Trinajstić information content (AvgIpc) is 3.10. The number of alkyl carbamates (subject to hydrolysis) is 1. The Hall–Kier alpha value is -1.26. The monoisotopic (exact) mass is 324 g/mol. The van der Waals surface area contributed by atoms with E-state index in [0.29, 0.717) is 23.9 Å².